The molecule has 0 amide bonds. The lowest BCUT2D eigenvalue weighted by Crippen LogP contribution is -1.90. The zero-order chi connectivity index (χ0) is 16.5. The minimum Gasteiger partial charge on any atom is -0.248 e. The number of rotatable bonds is 2. The van der Waals surface area contributed by atoms with Gasteiger partial charge in [-0.25, -0.2) is 9.37 Å². The second-order valence-electron chi connectivity index (χ2n) is 5.95. The highest BCUT2D eigenvalue weighted by atomic mass is 19.1. The summed E-state index contributed by atoms with van der Waals surface area (Å²) in [6.45, 7) is 2.07. The molecule has 0 atom stereocenters. The SMILES string of the molecule is Cc1ccc2nc(-c3ccccc3)cc(-c3ccc(F)cc3)c2c1. The third-order valence-corrected chi connectivity index (χ3v) is 4.19. The highest BCUT2D eigenvalue weighted by Crippen LogP contribution is 2.32. The largest absolute Gasteiger partial charge is 0.248 e. The smallest absolute Gasteiger partial charge is 0.123 e. The number of fused-ring (bicyclic) bond motifs is 1. The van der Waals surface area contributed by atoms with E-state index in [1.165, 1.54) is 17.7 Å². The summed E-state index contributed by atoms with van der Waals surface area (Å²) >= 11 is 0. The summed E-state index contributed by atoms with van der Waals surface area (Å²) in [6.07, 6.45) is 0. The number of hydrogen-bond donors (Lipinski definition) is 0. The van der Waals surface area contributed by atoms with E-state index in [9.17, 15) is 4.39 Å². The Labute approximate surface area is 140 Å². The van der Waals surface area contributed by atoms with E-state index in [0.29, 0.717) is 0 Å². The Morgan fingerprint density at radius 1 is 0.750 bits per heavy atom. The lowest BCUT2D eigenvalue weighted by Gasteiger charge is -2.11. The lowest BCUT2D eigenvalue weighted by molar-refractivity contribution is 0.628. The Kier molecular flexibility index (Phi) is 3.58. The van der Waals surface area contributed by atoms with E-state index < -0.39 is 0 Å². The van der Waals surface area contributed by atoms with Gasteiger partial charge in [-0.3, -0.25) is 0 Å². The van der Waals surface area contributed by atoms with Crippen molar-refractivity contribution >= 4 is 10.9 Å². The second kappa shape index (κ2) is 5.89. The van der Waals surface area contributed by atoms with E-state index in [0.717, 1.165) is 33.3 Å². The molecule has 4 rings (SSSR count). The zero-order valence-electron chi connectivity index (χ0n) is 13.3. The van der Waals surface area contributed by atoms with Gasteiger partial charge in [-0.05, 0) is 48.4 Å². The highest BCUT2D eigenvalue weighted by molar-refractivity contribution is 5.97. The van der Waals surface area contributed by atoms with Crippen LogP contribution < -0.4 is 0 Å². The quantitative estimate of drug-likeness (QED) is 0.441. The molecule has 24 heavy (non-hydrogen) atoms. The zero-order valence-corrected chi connectivity index (χ0v) is 13.3. The fourth-order valence-corrected chi connectivity index (χ4v) is 2.96. The first-order valence-electron chi connectivity index (χ1n) is 7.93. The van der Waals surface area contributed by atoms with Crippen molar-refractivity contribution in [2.75, 3.05) is 0 Å². The molecule has 0 unspecified atom stereocenters. The van der Waals surface area contributed by atoms with Gasteiger partial charge in [0, 0.05) is 10.9 Å². The first-order chi connectivity index (χ1) is 11.7. The van der Waals surface area contributed by atoms with Crippen LogP contribution in [0.4, 0.5) is 4.39 Å². The van der Waals surface area contributed by atoms with Crippen molar-refractivity contribution in [3.05, 3.63) is 90.2 Å². The summed E-state index contributed by atoms with van der Waals surface area (Å²) in [5, 5.41) is 1.08. The van der Waals surface area contributed by atoms with Crippen LogP contribution in [0.2, 0.25) is 0 Å². The molecule has 1 aromatic heterocycles. The van der Waals surface area contributed by atoms with Crippen LogP contribution in [0.3, 0.4) is 0 Å². The van der Waals surface area contributed by atoms with Gasteiger partial charge in [-0.2, -0.15) is 0 Å². The Morgan fingerprint density at radius 3 is 2.25 bits per heavy atom. The number of aryl methyl sites for hydroxylation is 1. The van der Waals surface area contributed by atoms with Gasteiger partial charge in [0.2, 0.25) is 0 Å². The van der Waals surface area contributed by atoms with Crippen LogP contribution in [0.5, 0.6) is 0 Å². The molecule has 0 aliphatic rings. The molecule has 3 aromatic carbocycles. The Hall–Kier alpha value is -3.00. The van der Waals surface area contributed by atoms with Crippen LogP contribution in [0.25, 0.3) is 33.3 Å². The molecule has 0 N–H and O–H groups in total. The molecule has 0 bridgehead atoms. The number of halogens is 1. The van der Waals surface area contributed by atoms with E-state index in [1.807, 2.05) is 36.4 Å². The Morgan fingerprint density at radius 2 is 1.50 bits per heavy atom. The van der Waals surface area contributed by atoms with E-state index in [1.54, 1.807) is 0 Å². The fourth-order valence-electron chi connectivity index (χ4n) is 2.96. The van der Waals surface area contributed by atoms with E-state index >= 15 is 0 Å². The lowest BCUT2D eigenvalue weighted by atomic mass is 9.97. The van der Waals surface area contributed by atoms with Gasteiger partial charge in [0.1, 0.15) is 5.82 Å². The van der Waals surface area contributed by atoms with Crippen molar-refractivity contribution in [1.29, 1.82) is 0 Å². The van der Waals surface area contributed by atoms with Crippen LogP contribution in [0.1, 0.15) is 5.56 Å². The Bertz CT molecular complexity index is 1010. The van der Waals surface area contributed by atoms with Gasteiger partial charge in [0.05, 0.1) is 11.2 Å². The van der Waals surface area contributed by atoms with E-state index in [-0.39, 0.29) is 5.82 Å². The predicted octanol–water partition coefficient (Wildman–Crippen LogP) is 6.02. The van der Waals surface area contributed by atoms with Gasteiger partial charge < -0.3 is 0 Å². The molecule has 0 aliphatic heterocycles. The van der Waals surface area contributed by atoms with Crippen LogP contribution >= 0.6 is 0 Å². The molecule has 116 valence electrons. The minimum absolute atomic E-state index is 0.225. The van der Waals surface area contributed by atoms with E-state index in [2.05, 4.69) is 37.3 Å². The molecule has 0 spiro atoms. The van der Waals surface area contributed by atoms with Gasteiger partial charge in [0.25, 0.3) is 0 Å². The minimum atomic E-state index is -0.225. The average molecular weight is 313 g/mol. The average Bonchev–Trinajstić information content (AvgIpc) is 2.62. The molecule has 0 radical (unpaired) electrons. The third-order valence-electron chi connectivity index (χ3n) is 4.19. The van der Waals surface area contributed by atoms with E-state index in [4.69, 9.17) is 4.98 Å². The van der Waals surface area contributed by atoms with Gasteiger partial charge in [-0.15, -0.1) is 0 Å². The van der Waals surface area contributed by atoms with Crippen molar-refractivity contribution in [3.63, 3.8) is 0 Å². The maximum atomic E-state index is 13.3. The third kappa shape index (κ3) is 2.67. The molecule has 0 saturated heterocycles. The van der Waals surface area contributed by atoms with Gasteiger partial charge >= 0.3 is 0 Å². The van der Waals surface area contributed by atoms with Crippen molar-refractivity contribution in [1.82, 2.24) is 4.98 Å². The molecule has 1 nitrogen and oxygen atoms in total. The van der Waals surface area contributed by atoms with Crippen molar-refractivity contribution in [2.45, 2.75) is 6.92 Å². The van der Waals surface area contributed by atoms with Crippen LogP contribution in [-0.4, -0.2) is 4.98 Å². The number of hydrogen-bond acceptors (Lipinski definition) is 1. The molecular formula is C22H16FN. The van der Waals surface area contributed by atoms with Gasteiger partial charge in [-0.1, -0.05) is 54.1 Å². The van der Waals surface area contributed by atoms with Crippen LogP contribution in [0, 0.1) is 12.7 Å². The maximum absolute atomic E-state index is 13.3. The highest BCUT2D eigenvalue weighted by Gasteiger charge is 2.10. The summed E-state index contributed by atoms with van der Waals surface area (Å²) in [5.41, 5.74) is 6.19. The first-order valence-corrected chi connectivity index (χ1v) is 7.93. The van der Waals surface area contributed by atoms with Crippen LogP contribution in [0.15, 0.2) is 78.9 Å². The monoisotopic (exact) mass is 313 g/mol. The summed E-state index contributed by atoms with van der Waals surface area (Å²) in [4.78, 5) is 4.82. The summed E-state index contributed by atoms with van der Waals surface area (Å²) < 4.78 is 13.3. The molecule has 0 fully saturated rings. The Balaban J connectivity index is 2.01. The fraction of sp³-hybridized carbons (Fsp3) is 0.0455. The molecule has 0 saturated carbocycles. The summed E-state index contributed by atoms with van der Waals surface area (Å²) in [5.74, 6) is -0.225. The van der Waals surface area contributed by atoms with Crippen molar-refractivity contribution < 1.29 is 4.39 Å². The molecule has 0 aliphatic carbocycles. The van der Waals surface area contributed by atoms with Gasteiger partial charge in [0.15, 0.2) is 0 Å². The normalized spacial score (nSPS) is 10.9. The predicted molar refractivity (Wildman–Crippen MR) is 97.3 cm³/mol. The number of aromatic nitrogens is 1. The second-order valence-corrected chi connectivity index (χ2v) is 5.95. The van der Waals surface area contributed by atoms with Crippen molar-refractivity contribution in [2.24, 2.45) is 0 Å². The number of nitrogens with zero attached hydrogens (tertiary/aromatic N) is 1. The summed E-state index contributed by atoms with van der Waals surface area (Å²) in [6, 6.07) is 25.1. The first kappa shape index (κ1) is 14.6. The maximum Gasteiger partial charge on any atom is 0.123 e. The standard InChI is InChI=1S/C22H16FN/c1-15-7-12-21-20(13-15)19(16-8-10-18(23)11-9-16)14-22(24-21)17-5-3-2-4-6-17/h2-14H,1H3. The number of pyridine rings is 1. The summed E-state index contributed by atoms with van der Waals surface area (Å²) in [7, 11) is 0. The molecule has 2 heteroatoms. The molecular weight excluding hydrogens is 297 g/mol. The topological polar surface area (TPSA) is 12.9 Å². The van der Waals surface area contributed by atoms with Crippen molar-refractivity contribution in [3.8, 4) is 22.4 Å². The van der Waals surface area contributed by atoms with Crippen LogP contribution in [-0.2, 0) is 0 Å². The molecule has 1 heterocycles. The number of benzene rings is 3. The molecule has 4 aromatic rings.